The van der Waals surface area contributed by atoms with Crippen molar-refractivity contribution in [3.8, 4) is 5.75 Å². The maximum atomic E-state index is 13.7. The molecule has 1 fully saturated rings. The lowest BCUT2D eigenvalue weighted by molar-refractivity contribution is -0.132. The Balaban J connectivity index is 1.27. The van der Waals surface area contributed by atoms with Gasteiger partial charge in [0, 0.05) is 13.1 Å². The Morgan fingerprint density at radius 3 is 2.38 bits per heavy atom. The molecule has 3 amide bonds. The normalized spacial score (nSPS) is 19.7. The van der Waals surface area contributed by atoms with Crippen molar-refractivity contribution in [1.82, 2.24) is 15.5 Å². The minimum atomic E-state index is -0.707. The number of nitrogens with one attached hydrogen (secondary N) is 2. The van der Waals surface area contributed by atoms with Crippen LogP contribution in [0.1, 0.15) is 81.4 Å². The maximum absolute atomic E-state index is 13.7. The fraction of sp³-hybridized carbons (Fsp3) is 0.516. The van der Waals surface area contributed by atoms with Crippen LogP contribution in [0.5, 0.6) is 5.75 Å². The molecule has 1 unspecified atom stereocenters. The zero-order valence-electron chi connectivity index (χ0n) is 23.1. The van der Waals surface area contributed by atoms with Crippen LogP contribution in [0, 0.1) is 5.92 Å². The largest absolute Gasteiger partial charge is 0.508 e. The molecular formula is C31H43N5O3. The second-order valence-electron chi connectivity index (χ2n) is 11.0. The summed E-state index contributed by atoms with van der Waals surface area (Å²) in [7, 11) is 0. The minimum absolute atomic E-state index is 0.0498. The van der Waals surface area contributed by atoms with E-state index in [1.807, 2.05) is 36.4 Å². The van der Waals surface area contributed by atoms with Gasteiger partial charge in [-0.2, -0.15) is 0 Å². The summed E-state index contributed by atoms with van der Waals surface area (Å²) in [6, 6.07) is 14.6. The highest BCUT2D eigenvalue weighted by molar-refractivity contribution is 6.06. The first kappa shape index (κ1) is 28.5. The lowest BCUT2D eigenvalue weighted by Gasteiger charge is -2.32. The van der Waals surface area contributed by atoms with Crippen LogP contribution in [-0.2, 0) is 24.3 Å². The predicted molar refractivity (Wildman–Crippen MR) is 154 cm³/mol. The minimum Gasteiger partial charge on any atom is -0.508 e. The number of benzene rings is 2. The van der Waals surface area contributed by atoms with Gasteiger partial charge in [-0.05, 0) is 54.0 Å². The van der Waals surface area contributed by atoms with Crippen molar-refractivity contribution in [3.63, 3.8) is 0 Å². The average molecular weight is 534 g/mol. The molecule has 0 radical (unpaired) electrons. The predicted octanol–water partition coefficient (Wildman–Crippen LogP) is 4.99. The van der Waals surface area contributed by atoms with Gasteiger partial charge in [0.15, 0.2) is 5.96 Å². The number of guanidine groups is 1. The van der Waals surface area contributed by atoms with E-state index in [0.29, 0.717) is 37.9 Å². The summed E-state index contributed by atoms with van der Waals surface area (Å²) >= 11 is 0. The Hall–Kier alpha value is -3.55. The van der Waals surface area contributed by atoms with E-state index in [-0.39, 0.29) is 17.7 Å². The van der Waals surface area contributed by atoms with E-state index in [1.54, 1.807) is 17.0 Å². The number of hydrogen-bond acceptors (Lipinski definition) is 5. The van der Waals surface area contributed by atoms with E-state index < -0.39 is 5.54 Å². The first-order chi connectivity index (χ1) is 18.9. The molecule has 0 bridgehead atoms. The molecule has 210 valence electrons. The van der Waals surface area contributed by atoms with Gasteiger partial charge in [0.1, 0.15) is 11.3 Å². The second kappa shape index (κ2) is 13.5. The van der Waals surface area contributed by atoms with Gasteiger partial charge in [0.05, 0.1) is 6.54 Å². The summed E-state index contributed by atoms with van der Waals surface area (Å²) in [6.45, 7) is 3.45. The number of carbonyl (C=O) groups is 2. The number of amides is 3. The molecule has 1 heterocycles. The smallest absolute Gasteiger partial charge is 0.315 e. The van der Waals surface area contributed by atoms with Crippen LogP contribution in [0.2, 0.25) is 0 Å². The zero-order valence-corrected chi connectivity index (χ0v) is 23.1. The van der Waals surface area contributed by atoms with E-state index >= 15 is 0 Å². The number of carbonyl (C=O) groups excluding carboxylic acids is 2. The number of urea groups is 1. The molecule has 1 atom stereocenters. The van der Waals surface area contributed by atoms with Crippen molar-refractivity contribution >= 4 is 17.9 Å². The monoisotopic (exact) mass is 533 g/mol. The second-order valence-corrected chi connectivity index (χ2v) is 11.0. The molecule has 0 saturated heterocycles. The van der Waals surface area contributed by atoms with Gasteiger partial charge in [0.2, 0.25) is 0 Å². The zero-order chi connectivity index (χ0) is 27.7. The Morgan fingerprint density at radius 1 is 1.03 bits per heavy atom. The van der Waals surface area contributed by atoms with Crippen molar-refractivity contribution in [2.75, 3.05) is 6.54 Å². The third-order valence-corrected chi connectivity index (χ3v) is 8.00. The summed E-state index contributed by atoms with van der Waals surface area (Å²) in [5.74, 6) is 1.16. The molecule has 8 nitrogen and oxygen atoms in total. The van der Waals surface area contributed by atoms with Gasteiger partial charge in [0.25, 0.3) is 5.91 Å². The summed E-state index contributed by atoms with van der Waals surface area (Å²) < 4.78 is 0. The Kier molecular flexibility index (Phi) is 9.85. The van der Waals surface area contributed by atoms with Crippen LogP contribution in [0.25, 0.3) is 0 Å². The number of aromatic hydroxyl groups is 1. The molecule has 1 aliphatic carbocycles. The maximum Gasteiger partial charge on any atom is 0.315 e. The van der Waals surface area contributed by atoms with Crippen LogP contribution in [0.3, 0.4) is 0 Å². The third-order valence-electron chi connectivity index (χ3n) is 8.00. The fourth-order valence-corrected chi connectivity index (χ4v) is 5.74. The summed E-state index contributed by atoms with van der Waals surface area (Å²) in [5.41, 5.74) is 8.64. The molecule has 1 saturated carbocycles. The Morgan fingerprint density at radius 2 is 1.69 bits per heavy atom. The standard InChI is InChI=1S/C31H43N5O3/c1-2-3-18-31(20-24-7-5-4-6-8-24)28(38)36(29(32)35-31)22-26-11-9-25(10-12-26)21-34-30(39)33-19-17-23-13-15-27(37)16-14-23/h9-16,24,37H,2-8,17-22H2,1H3,(H2,32,35)(H2,33,34,39). The topological polar surface area (TPSA) is 120 Å². The van der Waals surface area contributed by atoms with Crippen LogP contribution in [0.15, 0.2) is 53.5 Å². The van der Waals surface area contributed by atoms with Gasteiger partial charge in [-0.1, -0.05) is 88.3 Å². The first-order valence-corrected chi connectivity index (χ1v) is 14.4. The van der Waals surface area contributed by atoms with E-state index in [4.69, 9.17) is 10.7 Å². The number of aliphatic imine (C=N–C) groups is 1. The van der Waals surface area contributed by atoms with Crippen LogP contribution < -0.4 is 16.4 Å². The highest BCUT2D eigenvalue weighted by atomic mass is 16.3. The van der Waals surface area contributed by atoms with Crippen LogP contribution >= 0.6 is 0 Å². The third kappa shape index (κ3) is 7.74. The summed E-state index contributed by atoms with van der Waals surface area (Å²) in [5, 5.41) is 15.1. The molecule has 4 rings (SSSR count). The van der Waals surface area contributed by atoms with Crippen LogP contribution in [0.4, 0.5) is 4.79 Å². The van der Waals surface area contributed by atoms with Crippen molar-refractivity contribution < 1.29 is 14.7 Å². The van der Waals surface area contributed by atoms with Gasteiger partial charge < -0.3 is 21.5 Å². The number of unbranched alkanes of at least 4 members (excludes halogenated alkanes) is 1. The highest BCUT2D eigenvalue weighted by Gasteiger charge is 2.48. The number of nitrogens with two attached hydrogens (primary N) is 1. The summed E-state index contributed by atoms with van der Waals surface area (Å²) in [6.07, 6.45) is 10.4. The van der Waals surface area contributed by atoms with Gasteiger partial charge in [-0.15, -0.1) is 0 Å². The van der Waals surface area contributed by atoms with Gasteiger partial charge in [-0.25, -0.2) is 9.79 Å². The molecule has 1 aliphatic heterocycles. The Labute approximate surface area is 232 Å². The first-order valence-electron chi connectivity index (χ1n) is 14.4. The number of rotatable bonds is 12. The molecule has 0 aromatic heterocycles. The molecule has 2 aromatic rings. The average Bonchev–Trinajstić information content (AvgIpc) is 3.17. The van der Waals surface area contributed by atoms with E-state index in [9.17, 15) is 14.7 Å². The number of phenolic OH excluding ortho intramolecular Hbond substituents is 1. The lowest BCUT2D eigenvalue weighted by atomic mass is 9.77. The highest BCUT2D eigenvalue weighted by Crippen LogP contribution is 2.39. The van der Waals surface area contributed by atoms with Gasteiger partial charge >= 0.3 is 6.03 Å². The molecular weight excluding hydrogens is 490 g/mol. The molecule has 2 aliphatic rings. The quantitative estimate of drug-likeness (QED) is 0.307. The molecule has 0 spiro atoms. The lowest BCUT2D eigenvalue weighted by Crippen LogP contribution is -2.45. The van der Waals surface area contributed by atoms with Crippen molar-refractivity contribution in [1.29, 1.82) is 0 Å². The SMILES string of the molecule is CCCCC1(CC2CCCCC2)N=C(N)N(Cc2ccc(CNC(=O)NCCc3ccc(O)cc3)cc2)C1=O. The molecule has 8 heteroatoms. The van der Waals surface area contributed by atoms with E-state index in [2.05, 4.69) is 17.6 Å². The summed E-state index contributed by atoms with van der Waals surface area (Å²) in [4.78, 5) is 32.4. The van der Waals surface area contributed by atoms with E-state index in [0.717, 1.165) is 42.4 Å². The van der Waals surface area contributed by atoms with Gasteiger partial charge in [-0.3, -0.25) is 9.69 Å². The van der Waals surface area contributed by atoms with Crippen molar-refractivity contribution in [3.05, 3.63) is 65.2 Å². The number of hydrogen-bond donors (Lipinski definition) is 4. The molecule has 39 heavy (non-hydrogen) atoms. The number of nitrogens with zero attached hydrogens (tertiary/aromatic N) is 2. The van der Waals surface area contributed by atoms with Crippen molar-refractivity contribution in [2.24, 2.45) is 16.6 Å². The van der Waals surface area contributed by atoms with E-state index in [1.165, 1.54) is 32.1 Å². The molecule has 2 aromatic carbocycles. The fourth-order valence-electron chi connectivity index (χ4n) is 5.74. The van der Waals surface area contributed by atoms with Crippen LogP contribution in [-0.4, -0.2) is 40.0 Å². The number of phenols is 1. The molecule has 5 N–H and O–H groups in total. The van der Waals surface area contributed by atoms with Crippen molar-refractivity contribution in [2.45, 2.75) is 89.8 Å². The Bertz CT molecular complexity index is 1130.